The highest BCUT2D eigenvalue weighted by molar-refractivity contribution is 9.10. The summed E-state index contributed by atoms with van der Waals surface area (Å²) >= 11 is 4.95. The maximum Gasteiger partial charge on any atom is 0.245 e. The zero-order chi connectivity index (χ0) is 16.1. The number of hydrogen-bond acceptors (Lipinski definition) is 4. The predicted octanol–water partition coefficient (Wildman–Crippen LogP) is 4.46. The highest BCUT2D eigenvalue weighted by Gasteiger charge is 2.04. The molecule has 0 unspecified atom stereocenters. The fourth-order valence-electron chi connectivity index (χ4n) is 1.97. The maximum atomic E-state index is 11.7. The summed E-state index contributed by atoms with van der Waals surface area (Å²) in [6.45, 7) is 0. The van der Waals surface area contributed by atoms with E-state index in [4.69, 9.17) is 4.42 Å². The number of hydrogen-bond donors (Lipinski definition) is 1. The van der Waals surface area contributed by atoms with Gasteiger partial charge in [-0.05, 0) is 35.7 Å². The van der Waals surface area contributed by atoms with Crippen molar-refractivity contribution in [2.45, 2.75) is 6.42 Å². The lowest BCUT2D eigenvalue weighted by Gasteiger charge is -1.97. The molecule has 0 saturated heterocycles. The molecule has 0 bridgehead atoms. The Hall–Kier alpha value is -2.18. The van der Waals surface area contributed by atoms with Crippen molar-refractivity contribution in [2.75, 3.05) is 0 Å². The molecule has 0 atom stereocenters. The first-order valence-corrected chi connectivity index (χ1v) is 8.58. The molecule has 1 N–H and O–H groups in total. The van der Waals surface area contributed by atoms with Crippen molar-refractivity contribution in [2.24, 2.45) is 5.10 Å². The zero-order valence-electron chi connectivity index (χ0n) is 12.0. The van der Waals surface area contributed by atoms with Gasteiger partial charge < -0.3 is 4.42 Å². The minimum Gasteiger partial charge on any atom is -0.455 e. The van der Waals surface area contributed by atoms with Gasteiger partial charge >= 0.3 is 0 Å². The summed E-state index contributed by atoms with van der Waals surface area (Å²) in [4.78, 5) is 12.7. The first-order valence-electron chi connectivity index (χ1n) is 6.91. The van der Waals surface area contributed by atoms with Crippen molar-refractivity contribution in [1.29, 1.82) is 0 Å². The van der Waals surface area contributed by atoms with Crippen molar-refractivity contribution in [1.82, 2.24) is 5.43 Å². The Kier molecular flexibility index (Phi) is 5.05. The third-order valence-electron chi connectivity index (χ3n) is 3.05. The third-order valence-corrected chi connectivity index (χ3v) is 4.46. The number of halogens is 1. The molecule has 2 heterocycles. The summed E-state index contributed by atoms with van der Waals surface area (Å²) < 4.78 is 6.70. The second kappa shape index (κ2) is 7.39. The van der Waals surface area contributed by atoms with Gasteiger partial charge in [0.25, 0.3) is 0 Å². The van der Waals surface area contributed by atoms with Crippen LogP contribution in [-0.4, -0.2) is 12.1 Å². The molecule has 0 saturated carbocycles. The van der Waals surface area contributed by atoms with Crippen LogP contribution in [0.25, 0.3) is 11.3 Å². The Labute approximate surface area is 146 Å². The van der Waals surface area contributed by atoms with Crippen molar-refractivity contribution in [3.05, 3.63) is 69.0 Å². The van der Waals surface area contributed by atoms with E-state index in [2.05, 4.69) is 26.5 Å². The molecule has 0 spiro atoms. The Morgan fingerprint density at radius 3 is 2.78 bits per heavy atom. The lowest BCUT2D eigenvalue weighted by Crippen LogP contribution is -2.19. The average Bonchev–Trinajstić information content (AvgIpc) is 3.20. The van der Waals surface area contributed by atoms with Gasteiger partial charge in [-0.15, -0.1) is 11.3 Å². The number of amides is 1. The van der Waals surface area contributed by atoms with E-state index >= 15 is 0 Å². The number of hydrazone groups is 1. The van der Waals surface area contributed by atoms with Crippen molar-refractivity contribution >= 4 is 39.4 Å². The predicted molar refractivity (Wildman–Crippen MR) is 95.6 cm³/mol. The highest BCUT2D eigenvalue weighted by atomic mass is 79.9. The number of furan rings is 1. The van der Waals surface area contributed by atoms with Gasteiger partial charge in [0.15, 0.2) is 0 Å². The Bertz CT molecular complexity index is 808. The van der Waals surface area contributed by atoms with Crippen LogP contribution in [0.5, 0.6) is 0 Å². The van der Waals surface area contributed by atoms with Crippen molar-refractivity contribution in [3.8, 4) is 11.3 Å². The molecular weight excluding hydrogens is 376 g/mol. The minimum absolute atomic E-state index is 0.150. The van der Waals surface area contributed by atoms with Crippen LogP contribution in [0.3, 0.4) is 0 Å². The number of carbonyl (C=O) groups excluding carboxylic acids is 1. The van der Waals surface area contributed by atoms with Crippen LogP contribution >= 0.6 is 27.3 Å². The number of rotatable bonds is 5. The van der Waals surface area contributed by atoms with E-state index in [0.717, 1.165) is 20.7 Å². The standard InChI is InChI=1S/C17H13BrN2O2S/c18-13-5-3-12(4-6-13)16-8-7-14(22-16)11-19-20-17(21)10-15-2-1-9-23-15/h1-9,11H,10H2,(H,20,21)/b19-11-. The molecule has 3 aromatic rings. The van der Waals surface area contributed by atoms with Gasteiger partial charge in [-0.2, -0.15) is 5.10 Å². The summed E-state index contributed by atoms with van der Waals surface area (Å²) in [5, 5.41) is 5.86. The van der Waals surface area contributed by atoms with Crippen LogP contribution in [-0.2, 0) is 11.2 Å². The average molecular weight is 389 g/mol. The molecule has 4 nitrogen and oxygen atoms in total. The second-order valence-corrected chi connectivity index (χ2v) is 6.71. The van der Waals surface area contributed by atoms with E-state index in [1.807, 2.05) is 53.9 Å². The van der Waals surface area contributed by atoms with Gasteiger partial charge in [-0.25, -0.2) is 5.43 Å². The van der Waals surface area contributed by atoms with Gasteiger partial charge in [0.2, 0.25) is 5.91 Å². The summed E-state index contributed by atoms with van der Waals surface area (Å²) in [5.74, 6) is 1.19. The molecule has 3 rings (SSSR count). The second-order valence-electron chi connectivity index (χ2n) is 4.76. The van der Waals surface area contributed by atoms with E-state index < -0.39 is 0 Å². The van der Waals surface area contributed by atoms with E-state index in [0.29, 0.717) is 12.2 Å². The van der Waals surface area contributed by atoms with E-state index in [1.165, 1.54) is 6.21 Å². The van der Waals surface area contributed by atoms with E-state index in [1.54, 1.807) is 11.3 Å². The van der Waals surface area contributed by atoms with E-state index in [-0.39, 0.29) is 5.91 Å². The molecule has 1 aromatic carbocycles. The summed E-state index contributed by atoms with van der Waals surface area (Å²) in [6, 6.07) is 15.4. The number of carbonyl (C=O) groups is 1. The molecule has 0 radical (unpaired) electrons. The van der Waals surface area contributed by atoms with Gasteiger partial charge in [-0.1, -0.05) is 34.1 Å². The van der Waals surface area contributed by atoms with Crippen LogP contribution in [0.4, 0.5) is 0 Å². The van der Waals surface area contributed by atoms with Crippen molar-refractivity contribution in [3.63, 3.8) is 0 Å². The smallest absolute Gasteiger partial charge is 0.245 e. The third kappa shape index (κ3) is 4.40. The highest BCUT2D eigenvalue weighted by Crippen LogP contribution is 2.23. The van der Waals surface area contributed by atoms with Crippen LogP contribution in [0.2, 0.25) is 0 Å². The monoisotopic (exact) mass is 388 g/mol. The maximum absolute atomic E-state index is 11.7. The van der Waals surface area contributed by atoms with E-state index in [9.17, 15) is 4.79 Å². The summed E-state index contributed by atoms with van der Waals surface area (Å²) in [5.41, 5.74) is 3.48. The summed E-state index contributed by atoms with van der Waals surface area (Å²) in [7, 11) is 0. The molecule has 0 aliphatic rings. The zero-order valence-corrected chi connectivity index (χ0v) is 14.4. The van der Waals surface area contributed by atoms with Gasteiger partial charge in [0.05, 0.1) is 12.6 Å². The first-order chi connectivity index (χ1) is 11.2. The molecule has 0 aliphatic carbocycles. The number of thiophene rings is 1. The molecule has 6 heteroatoms. The number of nitrogens with zero attached hydrogens (tertiary/aromatic N) is 1. The number of benzene rings is 1. The van der Waals surface area contributed by atoms with Crippen LogP contribution in [0, 0.1) is 0 Å². The molecule has 23 heavy (non-hydrogen) atoms. The van der Waals surface area contributed by atoms with Crippen LogP contribution < -0.4 is 5.43 Å². The quantitative estimate of drug-likeness (QED) is 0.517. The van der Waals surface area contributed by atoms with Crippen molar-refractivity contribution < 1.29 is 9.21 Å². The minimum atomic E-state index is -0.150. The lowest BCUT2D eigenvalue weighted by atomic mass is 10.2. The Balaban J connectivity index is 1.58. The van der Waals surface area contributed by atoms with Crippen LogP contribution in [0.15, 0.2) is 67.9 Å². The Morgan fingerprint density at radius 1 is 1.22 bits per heavy atom. The fourth-order valence-corrected chi connectivity index (χ4v) is 2.94. The first kappa shape index (κ1) is 15.7. The van der Waals surface area contributed by atoms with Gasteiger partial charge in [0, 0.05) is 14.9 Å². The Morgan fingerprint density at radius 2 is 2.04 bits per heavy atom. The topological polar surface area (TPSA) is 54.6 Å². The lowest BCUT2D eigenvalue weighted by molar-refractivity contribution is -0.120. The molecular formula is C17H13BrN2O2S. The fraction of sp³-hybridized carbons (Fsp3) is 0.0588. The molecule has 1 amide bonds. The molecule has 116 valence electrons. The van der Waals surface area contributed by atoms with Gasteiger partial charge in [-0.3, -0.25) is 4.79 Å². The summed E-state index contributed by atoms with van der Waals surface area (Å²) in [6.07, 6.45) is 1.83. The van der Waals surface area contributed by atoms with Crippen LogP contribution in [0.1, 0.15) is 10.6 Å². The molecule has 2 aromatic heterocycles. The molecule has 0 fully saturated rings. The SMILES string of the molecule is O=C(Cc1cccs1)N/N=C\c1ccc(-c2ccc(Br)cc2)o1. The normalized spacial score (nSPS) is 11.0. The largest absolute Gasteiger partial charge is 0.455 e. The molecule has 0 aliphatic heterocycles. The number of nitrogens with one attached hydrogen (secondary N) is 1. The van der Waals surface area contributed by atoms with Gasteiger partial charge in [0.1, 0.15) is 11.5 Å².